The first kappa shape index (κ1) is 15.1. The topological polar surface area (TPSA) is 47.0 Å². The number of hydrogen-bond acceptors (Lipinski definition) is 4. The highest BCUT2D eigenvalue weighted by Crippen LogP contribution is 2.20. The summed E-state index contributed by atoms with van der Waals surface area (Å²) in [5.41, 5.74) is 3.50. The van der Waals surface area contributed by atoms with Crippen LogP contribution in [-0.4, -0.2) is 37.3 Å². The van der Waals surface area contributed by atoms with Crippen molar-refractivity contribution >= 4 is 0 Å². The molecular weight excluding hydrogens is 226 g/mol. The zero-order valence-corrected chi connectivity index (χ0v) is 12.2. The molecule has 18 heavy (non-hydrogen) atoms. The molecule has 0 amide bonds. The molecule has 0 aliphatic carbocycles. The lowest BCUT2D eigenvalue weighted by molar-refractivity contribution is 0.194. The molecular formula is C14H25N3O. The number of nitrogens with one attached hydrogen (secondary N) is 1. The van der Waals surface area contributed by atoms with Crippen molar-refractivity contribution in [2.75, 3.05) is 27.3 Å². The maximum atomic E-state index is 5.05. The van der Waals surface area contributed by atoms with Crippen LogP contribution in [0.25, 0.3) is 0 Å². The molecule has 1 unspecified atom stereocenters. The average molecular weight is 251 g/mol. The Kier molecular flexibility index (Phi) is 6.22. The molecule has 0 spiro atoms. The van der Waals surface area contributed by atoms with Gasteiger partial charge >= 0.3 is 0 Å². The molecule has 1 aromatic rings. The van der Waals surface area contributed by atoms with Crippen LogP contribution in [0.15, 0.2) is 0 Å². The minimum absolute atomic E-state index is 0.447. The number of aryl methyl sites for hydroxylation is 3. The molecule has 1 rings (SSSR count). The monoisotopic (exact) mass is 251 g/mol. The first-order valence-corrected chi connectivity index (χ1v) is 6.57. The minimum atomic E-state index is 0.447. The summed E-state index contributed by atoms with van der Waals surface area (Å²) in [5.74, 6) is 1.38. The van der Waals surface area contributed by atoms with E-state index in [1.165, 1.54) is 5.56 Å². The van der Waals surface area contributed by atoms with Crippen LogP contribution in [-0.2, 0) is 11.2 Å². The summed E-state index contributed by atoms with van der Waals surface area (Å²) < 4.78 is 5.05. The van der Waals surface area contributed by atoms with Crippen LogP contribution in [0, 0.1) is 13.8 Å². The first-order valence-electron chi connectivity index (χ1n) is 6.57. The van der Waals surface area contributed by atoms with E-state index in [0.717, 1.165) is 43.2 Å². The summed E-state index contributed by atoms with van der Waals surface area (Å²) in [5, 5.41) is 3.20. The number of ether oxygens (including phenoxy) is 1. The van der Waals surface area contributed by atoms with Gasteiger partial charge in [0.25, 0.3) is 0 Å². The SMILES string of the molecule is CNCC(C)c1c(C)nc(CCCOC)nc1C. The number of nitrogens with zero attached hydrogens (tertiary/aromatic N) is 2. The smallest absolute Gasteiger partial charge is 0.128 e. The van der Waals surface area contributed by atoms with Gasteiger partial charge in [-0.25, -0.2) is 9.97 Å². The van der Waals surface area contributed by atoms with Gasteiger partial charge in [0, 0.05) is 38.1 Å². The van der Waals surface area contributed by atoms with Crippen LogP contribution in [0.4, 0.5) is 0 Å². The van der Waals surface area contributed by atoms with E-state index in [0.29, 0.717) is 5.92 Å². The molecule has 0 fully saturated rings. The van der Waals surface area contributed by atoms with Crippen molar-refractivity contribution in [3.63, 3.8) is 0 Å². The Labute approximate surface area is 110 Å². The van der Waals surface area contributed by atoms with Gasteiger partial charge in [-0.05, 0) is 38.8 Å². The third-order valence-electron chi connectivity index (χ3n) is 3.13. The Morgan fingerprint density at radius 3 is 2.33 bits per heavy atom. The van der Waals surface area contributed by atoms with Crippen molar-refractivity contribution < 1.29 is 4.74 Å². The van der Waals surface area contributed by atoms with Gasteiger partial charge in [-0.15, -0.1) is 0 Å². The molecule has 0 bridgehead atoms. The fourth-order valence-electron chi connectivity index (χ4n) is 2.40. The van der Waals surface area contributed by atoms with Crippen LogP contribution in [0.2, 0.25) is 0 Å². The van der Waals surface area contributed by atoms with Crippen molar-refractivity contribution in [1.82, 2.24) is 15.3 Å². The molecule has 1 N–H and O–H groups in total. The highest BCUT2D eigenvalue weighted by atomic mass is 16.5. The van der Waals surface area contributed by atoms with Gasteiger partial charge in [-0.1, -0.05) is 6.92 Å². The molecule has 102 valence electrons. The standard InChI is InChI=1S/C14H25N3O/c1-10(9-15-4)14-11(2)16-13(17-12(14)3)7-6-8-18-5/h10,15H,6-9H2,1-5H3. The van der Waals surface area contributed by atoms with E-state index in [1.54, 1.807) is 7.11 Å². The summed E-state index contributed by atoms with van der Waals surface area (Å²) in [6, 6.07) is 0. The molecule has 0 saturated heterocycles. The third-order valence-corrected chi connectivity index (χ3v) is 3.13. The number of rotatable bonds is 7. The highest BCUT2D eigenvalue weighted by molar-refractivity contribution is 5.28. The maximum Gasteiger partial charge on any atom is 0.128 e. The van der Waals surface area contributed by atoms with E-state index < -0.39 is 0 Å². The molecule has 1 aromatic heterocycles. The molecule has 4 nitrogen and oxygen atoms in total. The van der Waals surface area contributed by atoms with Gasteiger partial charge < -0.3 is 10.1 Å². The zero-order chi connectivity index (χ0) is 13.5. The number of methoxy groups -OCH3 is 1. The van der Waals surface area contributed by atoms with E-state index in [1.807, 2.05) is 7.05 Å². The molecule has 1 heterocycles. The Morgan fingerprint density at radius 1 is 1.22 bits per heavy atom. The van der Waals surface area contributed by atoms with Crippen LogP contribution in [0.5, 0.6) is 0 Å². The number of likely N-dealkylation sites (N-methyl/N-ethyl adjacent to an activating group) is 1. The van der Waals surface area contributed by atoms with Crippen LogP contribution < -0.4 is 5.32 Å². The summed E-state index contributed by atoms with van der Waals surface area (Å²) in [6.07, 6.45) is 1.86. The summed E-state index contributed by atoms with van der Waals surface area (Å²) in [7, 11) is 3.70. The maximum absolute atomic E-state index is 5.05. The van der Waals surface area contributed by atoms with E-state index in [4.69, 9.17) is 4.74 Å². The molecule has 0 radical (unpaired) electrons. The first-order chi connectivity index (χ1) is 8.60. The Morgan fingerprint density at radius 2 is 1.83 bits per heavy atom. The van der Waals surface area contributed by atoms with Crippen LogP contribution >= 0.6 is 0 Å². The van der Waals surface area contributed by atoms with E-state index in [-0.39, 0.29) is 0 Å². The largest absolute Gasteiger partial charge is 0.385 e. The van der Waals surface area contributed by atoms with Gasteiger partial charge in [0.05, 0.1) is 0 Å². The molecule has 1 atom stereocenters. The van der Waals surface area contributed by atoms with Crippen molar-refractivity contribution in [2.45, 2.75) is 39.5 Å². The second-order valence-electron chi connectivity index (χ2n) is 4.78. The van der Waals surface area contributed by atoms with Gasteiger partial charge in [0.2, 0.25) is 0 Å². The molecule has 0 aliphatic rings. The Hall–Kier alpha value is -1.00. The van der Waals surface area contributed by atoms with Gasteiger partial charge in [0.15, 0.2) is 0 Å². The lowest BCUT2D eigenvalue weighted by Crippen LogP contribution is -2.18. The Bertz CT molecular complexity index is 356. The Balaban J connectivity index is 2.83. The second-order valence-corrected chi connectivity index (χ2v) is 4.78. The van der Waals surface area contributed by atoms with E-state index in [9.17, 15) is 0 Å². The minimum Gasteiger partial charge on any atom is -0.385 e. The predicted octanol–water partition coefficient (Wildman–Crippen LogP) is 2.00. The lowest BCUT2D eigenvalue weighted by Gasteiger charge is -2.17. The van der Waals surface area contributed by atoms with Crippen molar-refractivity contribution in [3.8, 4) is 0 Å². The van der Waals surface area contributed by atoms with Crippen molar-refractivity contribution in [2.24, 2.45) is 0 Å². The zero-order valence-electron chi connectivity index (χ0n) is 12.2. The summed E-state index contributed by atoms with van der Waals surface area (Å²) >= 11 is 0. The van der Waals surface area contributed by atoms with Crippen molar-refractivity contribution in [1.29, 1.82) is 0 Å². The molecule has 0 aliphatic heterocycles. The van der Waals surface area contributed by atoms with Gasteiger partial charge in [-0.3, -0.25) is 0 Å². The fourth-order valence-corrected chi connectivity index (χ4v) is 2.40. The highest BCUT2D eigenvalue weighted by Gasteiger charge is 2.14. The summed E-state index contributed by atoms with van der Waals surface area (Å²) in [6.45, 7) is 8.08. The van der Waals surface area contributed by atoms with Gasteiger partial charge in [0.1, 0.15) is 5.82 Å². The molecule has 4 heteroatoms. The van der Waals surface area contributed by atoms with E-state index in [2.05, 4.69) is 36.1 Å². The number of aromatic nitrogens is 2. The predicted molar refractivity (Wildman–Crippen MR) is 74.0 cm³/mol. The number of hydrogen-bond donors (Lipinski definition) is 1. The van der Waals surface area contributed by atoms with E-state index >= 15 is 0 Å². The quantitative estimate of drug-likeness (QED) is 0.753. The van der Waals surface area contributed by atoms with Crippen LogP contribution in [0.3, 0.4) is 0 Å². The summed E-state index contributed by atoms with van der Waals surface area (Å²) in [4.78, 5) is 9.23. The molecule has 0 aromatic carbocycles. The second kappa shape index (κ2) is 7.44. The third kappa shape index (κ3) is 4.03. The van der Waals surface area contributed by atoms with Crippen molar-refractivity contribution in [3.05, 3.63) is 22.8 Å². The van der Waals surface area contributed by atoms with Gasteiger partial charge in [-0.2, -0.15) is 0 Å². The normalized spacial score (nSPS) is 12.7. The fraction of sp³-hybridized carbons (Fsp3) is 0.714. The molecule has 0 saturated carbocycles. The van der Waals surface area contributed by atoms with Crippen LogP contribution in [0.1, 0.15) is 42.0 Å². The average Bonchev–Trinajstić information content (AvgIpc) is 2.28. The lowest BCUT2D eigenvalue weighted by atomic mass is 9.98.